The number of hydrogen-bond acceptors (Lipinski definition) is 4. The number of amides is 2. The van der Waals surface area contributed by atoms with E-state index in [0.29, 0.717) is 29.4 Å². The Labute approximate surface area is 205 Å². The zero-order valence-corrected chi connectivity index (χ0v) is 20.1. The Morgan fingerprint density at radius 2 is 1.59 bits per heavy atom. The molecule has 1 fully saturated rings. The molecule has 0 aliphatic carbocycles. The van der Waals surface area contributed by atoms with Crippen LogP contribution < -0.4 is 15.0 Å². The molecule has 0 bridgehead atoms. The van der Waals surface area contributed by atoms with Gasteiger partial charge in [-0.3, -0.25) is 9.59 Å². The van der Waals surface area contributed by atoms with Gasteiger partial charge in [-0.15, -0.1) is 0 Å². The minimum atomic E-state index is -0.206. The summed E-state index contributed by atoms with van der Waals surface area (Å²) in [7, 11) is 0. The molecular formula is C27H28ClN3O3. The van der Waals surface area contributed by atoms with Crippen molar-refractivity contribution in [3.63, 3.8) is 0 Å². The number of aryl methyl sites for hydroxylation is 2. The average molecular weight is 478 g/mol. The molecule has 3 aromatic carbocycles. The summed E-state index contributed by atoms with van der Waals surface area (Å²) in [4.78, 5) is 29.1. The number of ether oxygens (including phenoxy) is 1. The fraction of sp³-hybridized carbons (Fsp3) is 0.259. The molecule has 1 N–H and O–H groups in total. The molecule has 1 heterocycles. The summed E-state index contributed by atoms with van der Waals surface area (Å²) in [6, 6.07) is 20.6. The smallest absolute Gasteiger partial charge is 0.262 e. The maximum Gasteiger partial charge on any atom is 0.262 e. The van der Waals surface area contributed by atoms with E-state index in [2.05, 4.69) is 10.2 Å². The number of nitrogens with one attached hydrogen (secondary N) is 1. The lowest BCUT2D eigenvalue weighted by molar-refractivity contribution is -0.118. The Hall–Kier alpha value is -3.51. The van der Waals surface area contributed by atoms with Crippen LogP contribution in [0.1, 0.15) is 21.5 Å². The third-order valence-electron chi connectivity index (χ3n) is 5.86. The number of piperazine rings is 1. The van der Waals surface area contributed by atoms with Gasteiger partial charge in [-0.25, -0.2) is 0 Å². The number of anilines is 2. The van der Waals surface area contributed by atoms with Crippen molar-refractivity contribution in [3.05, 3.63) is 88.4 Å². The van der Waals surface area contributed by atoms with Crippen molar-refractivity contribution in [2.24, 2.45) is 0 Å². The highest BCUT2D eigenvalue weighted by Gasteiger charge is 2.22. The molecule has 0 spiro atoms. The number of halogens is 1. The zero-order valence-electron chi connectivity index (χ0n) is 19.4. The molecule has 1 aliphatic rings. The van der Waals surface area contributed by atoms with Crippen LogP contribution in [0.2, 0.25) is 5.02 Å². The number of carbonyl (C=O) groups excluding carboxylic acids is 2. The number of carbonyl (C=O) groups is 2. The van der Waals surface area contributed by atoms with E-state index < -0.39 is 0 Å². The van der Waals surface area contributed by atoms with Gasteiger partial charge in [-0.05, 0) is 74.0 Å². The van der Waals surface area contributed by atoms with Crippen LogP contribution >= 0.6 is 11.6 Å². The fourth-order valence-corrected chi connectivity index (χ4v) is 4.13. The lowest BCUT2D eigenvalue weighted by atomic mass is 10.1. The predicted molar refractivity (Wildman–Crippen MR) is 136 cm³/mol. The minimum absolute atomic E-state index is 0.0254. The molecule has 0 radical (unpaired) electrons. The number of nitrogens with zero attached hydrogens (tertiary/aromatic N) is 2. The normalized spacial score (nSPS) is 13.5. The highest BCUT2D eigenvalue weighted by atomic mass is 35.5. The second-order valence-corrected chi connectivity index (χ2v) is 8.88. The summed E-state index contributed by atoms with van der Waals surface area (Å²) in [6.07, 6.45) is 0. The Kier molecular flexibility index (Phi) is 7.38. The zero-order chi connectivity index (χ0) is 24.1. The van der Waals surface area contributed by atoms with Gasteiger partial charge >= 0.3 is 0 Å². The Morgan fingerprint density at radius 3 is 2.24 bits per heavy atom. The van der Waals surface area contributed by atoms with Crippen LogP contribution in [0.25, 0.3) is 0 Å². The molecular weight excluding hydrogens is 450 g/mol. The van der Waals surface area contributed by atoms with Crippen molar-refractivity contribution < 1.29 is 14.3 Å². The quantitative estimate of drug-likeness (QED) is 0.546. The van der Waals surface area contributed by atoms with Crippen LogP contribution in [0.3, 0.4) is 0 Å². The van der Waals surface area contributed by atoms with Gasteiger partial charge < -0.3 is 19.9 Å². The van der Waals surface area contributed by atoms with E-state index in [-0.39, 0.29) is 18.4 Å². The second-order valence-electron chi connectivity index (χ2n) is 8.44. The minimum Gasteiger partial charge on any atom is -0.483 e. The molecule has 34 heavy (non-hydrogen) atoms. The van der Waals surface area contributed by atoms with Crippen molar-refractivity contribution in [1.82, 2.24) is 4.90 Å². The summed E-state index contributed by atoms with van der Waals surface area (Å²) in [5.74, 6) is 0.532. The Morgan fingerprint density at radius 1 is 0.912 bits per heavy atom. The fourth-order valence-electron chi connectivity index (χ4n) is 4.00. The van der Waals surface area contributed by atoms with Crippen molar-refractivity contribution in [1.29, 1.82) is 0 Å². The van der Waals surface area contributed by atoms with E-state index in [4.69, 9.17) is 16.3 Å². The molecule has 176 valence electrons. The molecule has 1 aliphatic heterocycles. The van der Waals surface area contributed by atoms with Gasteiger partial charge in [0.1, 0.15) is 5.75 Å². The molecule has 0 saturated carbocycles. The summed E-state index contributed by atoms with van der Waals surface area (Å²) in [6.45, 7) is 6.73. The molecule has 0 aromatic heterocycles. The standard InChI is InChI=1S/C27H28ClN3O3/c1-19-3-12-25(20(2)17-19)34-18-26(32)29-23-8-10-24(11-9-23)30-13-15-31(16-14-30)27(33)21-4-6-22(28)7-5-21/h3-12,17H,13-16,18H2,1-2H3,(H,29,32). The highest BCUT2D eigenvalue weighted by molar-refractivity contribution is 6.30. The lowest BCUT2D eigenvalue weighted by Crippen LogP contribution is -2.48. The molecule has 1 saturated heterocycles. The van der Waals surface area contributed by atoms with Gasteiger partial charge in [0.25, 0.3) is 11.8 Å². The van der Waals surface area contributed by atoms with Crippen LogP contribution in [-0.2, 0) is 4.79 Å². The first-order valence-corrected chi connectivity index (χ1v) is 11.7. The van der Waals surface area contributed by atoms with E-state index in [1.807, 2.05) is 61.2 Å². The van der Waals surface area contributed by atoms with Gasteiger partial charge in [0, 0.05) is 48.1 Å². The molecule has 2 amide bonds. The molecule has 3 aromatic rings. The third-order valence-corrected chi connectivity index (χ3v) is 6.12. The first-order valence-electron chi connectivity index (χ1n) is 11.3. The van der Waals surface area contributed by atoms with Crippen molar-refractivity contribution in [2.45, 2.75) is 13.8 Å². The molecule has 6 nitrogen and oxygen atoms in total. The maximum atomic E-state index is 12.7. The monoisotopic (exact) mass is 477 g/mol. The van der Waals surface area contributed by atoms with Crippen LogP contribution in [0.5, 0.6) is 5.75 Å². The molecule has 7 heteroatoms. The Balaban J connectivity index is 1.26. The van der Waals surface area contributed by atoms with Crippen LogP contribution in [0.15, 0.2) is 66.7 Å². The van der Waals surface area contributed by atoms with E-state index >= 15 is 0 Å². The van der Waals surface area contributed by atoms with Gasteiger partial charge in [-0.2, -0.15) is 0 Å². The van der Waals surface area contributed by atoms with Crippen molar-refractivity contribution in [3.8, 4) is 5.75 Å². The average Bonchev–Trinajstić information content (AvgIpc) is 2.84. The molecule has 4 rings (SSSR count). The second kappa shape index (κ2) is 10.6. The van der Waals surface area contributed by atoms with E-state index in [0.717, 1.165) is 35.6 Å². The third kappa shape index (κ3) is 5.88. The summed E-state index contributed by atoms with van der Waals surface area (Å²) < 4.78 is 5.65. The summed E-state index contributed by atoms with van der Waals surface area (Å²) >= 11 is 5.92. The summed E-state index contributed by atoms with van der Waals surface area (Å²) in [5.41, 5.74) is 4.59. The summed E-state index contributed by atoms with van der Waals surface area (Å²) in [5, 5.41) is 3.49. The van der Waals surface area contributed by atoms with Gasteiger partial charge in [-0.1, -0.05) is 29.3 Å². The van der Waals surface area contributed by atoms with Crippen LogP contribution in [-0.4, -0.2) is 49.5 Å². The number of benzene rings is 3. The van der Waals surface area contributed by atoms with Crippen LogP contribution in [0.4, 0.5) is 11.4 Å². The van der Waals surface area contributed by atoms with Gasteiger partial charge in [0.2, 0.25) is 0 Å². The maximum absolute atomic E-state index is 12.7. The van der Waals surface area contributed by atoms with Crippen molar-refractivity contribution in [2.75, 3.05) is 43.0 Å². The Bertz CT molecular complexity index is 1150. The van der Waals surface area contributed by atoms with Gasteiger partial charge in [0.05, 0.1) is 0 Å². The largest absolute Gasteiger partial charge is 0.483 e. The van der Waals surface area contributed by atoms with E-state index in [1.165, 1.54) is 0 Å². The SMILES string of the molecule is Cc1ccc(OCC(=O)Nc2ccc(N3CCN(C(=O)c4ccc(Cl)cc4)CC3)cc2)c(C)c1. The lowest BCUT2D eigenvalue weighted by Gasteiger charge is -2.36. The highest BCUT2D eigenvalue weighted by Crippen LogP contribution is 2.21. The molecule has 0 unspecified atom stereocenters. The van der Waals surface area contributed by atoms with E-state index in [9.17, 15) is 9.59 Å². The first-order chi connectivity index (χ1) is 16.4. The van der Waals surface area contributed by atoms with Gasteiger partial charge in [0.15, 0.2) is 6.61 Å². The first kappa shape index (κ1) is 23.6. The number of rotatable bonds is 6. The van der Waals surface area contributed by atoms with Crippen LogP contribution in [0, 0.1) is 13.8 Å². The predicted octanol–water partition coefficient (Wildman–Crippen LogP) is 4.94. The number of hydrogen-bond donors (Lipinski definition) is 1. The topological polar surface area (TPSA) is 61.9 Å². The molecule has 0 atom stereocenters. The van der Waals surface area contributed by atoms with E-state index in [1.54, 1.807) is 24.3 Å². The van der Waals surface area contributed by atoms with Crippen molar-refractivity contribution >= 4 is 34.8 Å².